The van der Waals surface area contributed by atoms with E-state index in [-0.39, 0.29) is 0 Å². The van der Waals surface area contributed by atoms with Gasteiger partial charge in [0.25, 0.3) is 0 Å². The molecule has 0 saturated carbocycles. The van der Waals surface area contributed by atoms with Crippen LogP contribution in [0, 0.1) is 11.3 Å². The van der Waals surface area contributed by atoms with Gasteiger partial charge in [-0.15, -0.1) is 0 Å². The van der Waals surface area contributed by atoms with Gasteiger partial charge in [-0.25, -0.2) is 0 Å². The number of rotatable bonds is 3. The van der Waals surface area contributed by atoms with Crippen molar-refractivity contribution in [2.45, 2.75) is 59.8 Å². The molecule has 0 spiro atoms. The van der Waals surface area contributed by atoms with Crippen molar-refractivity contribution in [1.29, 1.82) is 0 Å². The monoisotopic (exact) mass is 348 g/mol. The Hall–Kier alpha value is -1.75. The van der Waals surface area contributed by atoms with Crippen LogP contribution >= 0.6 is 0 Å². The lowest BCUT2D eigenvalue weighted by Crippen LogP contribution is -2.27. The summed E-state index contributed by atoms with van der Waals surface area (Å²) in [5.41, 5.74) is 6.77. The smallest absolute Gasteiger partial charge is 0.166 e. The predicted molar refractivity (Wildman–Crippen MR) is 98.6 cm³/mol. The van der Waals surface area contributed by atoms with Crippen LogP contribution in [-0.4, -0.2) is 23.4 Å². The van der Waals surface area contributed by atoms with Crippen LogP contribution in [0.2, 0.25) is 0 Å². The molecule has 3 rings (SSSR count). The summed E-state index contributed by atoms with van der Waals surface area (Å²) in [4.78, 5) is 22.3. The number of halogens is 1. The Morgan fingerprint density at radius 3 is 2.68 bits per heavy atom. The van der Waals surface area contributed by atoms with E-state index in [1.807, 2.05) is 0 Å². The molecule has 1 aliphatic rings. The summed E-state index contributed by atoms with van der Waals surface area (Å²) in [5, 5.41) is 0. The minimum Gasteiger partial charge on any atom is -0.351 e. The highest BCUT2D eigenvalue weighted by molar-refractivity contribution is 5.90. The van der Waals surface area contributed by atoms with Gasteiger partial charge in [0.05, 0.1) is 23.8 Å². The van der Waals surface area contributed by atoms with Crippen LogP contribution in [0.1, 0.15) is 67.8 Å². The van der Waals surface area contributed by atoms with Crippen molar-refractivity contribution in [3.63, 3.8) is 0 Å². The molecule has 0 bridgehead atoms. The van der Waals surface area contributed by atoms with E-state index in [1.165, 1.54) is 17.7 Å². The Morgan fingerprint density at radius 2 is 2.12 bits per heavy atom. The normalized spacial score (nSPS) is 17.0. The Kier molecular flexibility index (Phi) is 6.33. The van der Waals surface area contributed by atoms with Gasteiger partial charge in [-0.1, -0.05) is 34.1 Å². The van der Waals surface area contributed by atoms with Gasteiger partial charge < -0.3 is 4.98 Å². The number of carbonyl (C=O) groups is 1. The number of fused-ring (bicyclic) bond motifs is 2. The highest BCUT2D eigenvalue weighted by Gasteiger charge is 2.29. The zero-order valence-corrected chi connectivity index (χ0v) is 15.9. The van der Waals surface area contributed by atoms with Crippen molar-refractivity contribution in [3.8, 4) is 0 Å². The van der Waals surface area contributed by atoms with Crippen molar-refractivity contribution < 1.29 is 14.3 Å². The van der Waals surface area contributed by atoms with E-state index < -0.39 is 0 Å². The summed E-state index contributed by atoms with van der Waals surface area (Å²) in [5.74, 6) is 0.704. The Balaban J connectivity index is 0.000000701. The van der Waals surface area contributed by atoms with Gasteiger partial charge in [0, 0.05) is 11.3 Å². The lowest BCUT2D eigenvalue weighted by atomic mass is 9.71. The molecular weight excluding hydrogens is 319 g/mol. The summed E-state index contributed by atoms with van der Waals surface area (Å²) >= 11 is 0. The third kappa shape index (κ3) is 4.27. The number of aromatic nitrogens is 2. The molecule has 2 aromatic rings. The van der Waals surface area contributed by atoms with Gasteiger partial charge >= 0.3 is 0 Å². The molecule has 0 fully saturated rings. The second-order valence-corrected chi connectivity index (χ2v) is 7.84. The highest BCUT2D eigenvalue weighted by Crippen LogP contribution is 2.38. The van der Waals surface area contributed by atoms with Crippen molar-refractivity contribution in [1.82, 2.24) is 9.97 Å². The van der Waals surface area contributed by atoms with Crippen LogP contribution in [0.3, 0.4) is 0 Å². The fourth-order valence-electron chi connectivity index (χ4n) is 3.68. The largest absolute Gasteiger partial charge is 0.351 e. The fraction of sp³-hybridized carbons (Fsp3) is 0.600. The number of carbonyl (C=O) groups excluding carboxylic acids is 1. The number of nitrogens with one attached hydrogen (secondary N) is 1. The SMILES string of the molecule is CCCc1c(C=O)[nH]c2cc3c(nc12)CCC(C(C)(C)C)C3.COF. The fourth-order valence-corrected chi connectivity index (χ4v) is 3.68. The summed E-state index contributed by atoms with van der Waals surface area (Å²) in [6, 6.07) is 2.24. The molecule has 2 heterocycles. The Bertz CT molecular complexity index is 731. The first-order valence-electron chi connectivity index (χ1n) is 8.98. The molecule has 1 N–H and O–H groups in total. The van der Waals surface area contributed by atoms with E-state index in [1.54, 1.807) is 0 Å². The Morgan fingerprint density at radius 1 is 1.44 bits per heavy atom. The van der Waals surface area contributed by atoms with Gasteiger partial charge in [-0.05, 0) is 53.2 Å². The van der Waals surface area contributed by atoms with Gasteiger partial charge in [-0.2, -0.15) is 4.94 Å². The van der Waals surface area contributed by atoms with Gasteiger partial charge in [-0.3, -0.25) is 9.78 Å². The van der Waals surface area contributed by atoms with E-state index in [9.17, 15) is 9.32 Å². The van der Waals surface area contributed by atoms with E-state index in [2.05, 4.69) is 43.7 Å². The van der Waals surface area contributed by atoms with Crippen LogP contribution in [-0.2, 0) is 24.2 Å². The van der Waals surface area contributed by atoms with Gasteiger partial charge in [0.1, 0.15) is 0 Å². The number of hydrogen-bond acceptors (Lipinski definition) is 3. The third-order valence-corrected chi connectivity index (χ3v) is 5.11. The van der Waals surface area contributed by atoms with Crippen molar-refractivity contribution in [3.05, 3.63) is 28.6 Å². The third-order valence-electron chi connectivity index (χ3n) is 5.11. The second kappa shape index (κ2) is 8.09. The molecule has 1 atom stereocenters. The van der Waals surface area contributed by atoms with Gasteiger partial charge in [0.2, 0.25) is 0 Å². The maximum atomic E-state index is 11.3. The average Bonchev–Trinajstić information content (AvgIpc) is 2.89. The van der Waals surface area contributed by atoms with Crippen LogP contribution < -0.4 is 0 Å². The summed E-state index contributed by atoms with van der Waals surface area (Å²) in [6.07, 6.45) is 6.23. The maximum absolute atomic E-state index is 11.3. The van der Waals surface area contributed by atoms with E-state index in [0.717, 1.165) is 55.7 Å². The second-order valence-electron chi connectivity index (χ2n) is 7.84. The molecule has 0 aromatic carbocycles. The zero-order valence-electron chi connectivity index (χ0n) is 15.9. The van der Waals surface area contributed by atoms with Gasteiger partial charge in [0.15, 0.2) is 6.29 Å². The van der Waals surface area contributed by atoms with E-state index >= 15 is 0 Å². The molecule has 138 valence electrons. The first-order valence-corrected chi connectivity index (χ1v) is 8.98. The quantitative estimate of drug-likeness (QED) is 0.795. The van der Waals surface area contributed by atoms with E-state index in [4.69, 9.17) is 4.98 Å². The van der Waals surface area contributed by atoms with Crippen molar-refractivity contribution in [2.24, 2.45) is 11.3 Å². The highest BCUT2D eigenvalue weighted by atomic mass is 19.3. The molecule has 1 unspecified atom stereocenters. The number of H-pyrrole nitrogens is 1. The standard InChI is InChI=1S/C19H26N2O.CH3FO/c1-5-6-14-17(11-22)20-16-10-12-9-13(19(2,3)4)7-8-15(12)21-18(14)16;1-3-2/h10-11,13,20H,5-9H2,1-4H3;1H3. The average molecular weight is 348 g/mol. The number of pyridine rings is 1. The number of aldehydes is 1. The molecule has 0 saturated heterocycles. The maximum Gasteiger partial charge on any atom is 0.166 e. The van der Waals surface area contributed by atoms with E-state index in [0.29, 0.717) is 17.0 Å². The van der Waals surface area contributed by atoms with Crippen LogP contribution in [0.25, 0.3) is 11.0 Å². The molecule has 1 aliphatic carbocycles. The number of aryl methyl sites for hydroxylation is 2. The Labute approximate surface area is 149 Å². The first-order chi connectivity index (χ1) is 11.8. The summed E-state index contributed by atoms with van der Waals surface area (Å²) < 4.78 is 9.79. The summed E-state index contributed by atoms with van der Waals surface area (Å²) in [7, 11) is 0.958. The minimum atomic E-state index is 0.337. The molecule has 2 aromatic heterocycles. The minimum absolute atomic E-state index is 0.337. The molecule has 25 heavy (non-hydrogen) atoms. The van der Waals surface area contributed by atoms with Crippen LogP contribution in [0.4, 0.5) is 4.53 Å². The lowest BCUT2D eigenvalue weighted by Gasteiger charge is -2.34. The van der Waals surface area contributed by atoms with Crippen molar-refractivity contribution >= 4 is 17.3 Å². The lowest BCUT2D eigenvalue weighted by molar-refractivity contribution is -0.0960. The molecule has 4 nitrogen and oxygen atoms in total. The molecule has 0 amide bonds. The topological polar surface area (TPSA) is 55.0 Å². The van der Waals surface area contributed by atoms with Crippen LogP contribution in [0.15, 0.2) is 6.07 Å². The zero-order chi connectivity index (χ0) is 18.6. The van der Waals surface area contributed by atoms with Crippen LogP contribution in [0.5, 0.6) is 0 Å². The first kappa shape index (κ1) is 19.6. The number of aromatic amines is 1. The number of nitrogens with zero attached hydrogens (tertiary/aromatic N) is 1. The predicted octanol–water partition coefficient (Wildman–Crippen LogP) is 5.00. The summed E-state index contributed by atoms with van der Waals surface area (Å²) in [6.45, 7) is 9.12. The number of hydrogen-bond donors (Lipinski definition) is 1. The molecule has 0 aliphatic heterocycles. The molecule has 0 radical (unpaired) electrons. The molecular formula is C20H29FN2O2. The van der Waals surface area contributed by atoms with Crippen molar-refractivity contribution in [2.75, 3.05) is 7.11 Å². The molecule has 5 heteroatoms.